The zero-order valence-corrected chi connectivity index (χ0v) is 13.4. The number of ether oxygens (including phenoxy) is 1. The van der Waals surface area contributed by atoms with E-state index in [9.17, 15) is 0 Å². The summed E-state index contributed by atoms with van der Waals surface area (Å²) in [5.74, 6) is 0.933. The molecule has 2 aromatic rings. The van der Waals surface area contributed by atoms with Gasteiger partial charge in [-0.1, -0.05) is 30.3 Å². The van der Waals surface area contributed by atoms with Crippen LogP contribution in [-0.2, 0) is 6.54 Å². The van der Waals surface area contributed by atoms with E-state index in [2.05, 4.69) is 56.4 Å². The van der Waals surface area contributed by atoms with Gasteiger partial charge in [-0.05, 0) is 62.1 Å². The summed E-state index contributed by atoms with van der Waals surface area (Å²) in [7, 11) is 0. The van der Waals surface area contributed by atoms with Gasteiger partial charge in [-0.15, -0.1) is 0 Å². The van der Waals surface area contributed by atoms with Crippen molar-refractivity contribution in [2.24, 2.45) is 0 Å². The van der Waals surface area contributed by atoms with E-state index in [1.165, 1.54) is 22.3 Å². The molecule has 0 heterocycles. The summed E-state index contributed by atoms with van der Waals surface area (Å²) < 4.78 is 5.47. The summed E-state index contributed by atoms with van der Waals surface area (Å²) in [6.07, 6.45) is 0. The minimum Gasteiger partial charge on any atom is -0.494 e. The first-order valence-corrected chi connectivity index (χ1v) is 7.62. The molecule has 112 valence electrons. The van der Waals surface area contributed by atoms with Gasteiger partial charge in [0.2, 0.25) is 0 Å². The van der Waals surface area contributed by atoms with Crippen molar-refractivity contribution < 1.29 is 4.74 Å². The lowest BCUT2D eigenvalue weighted by Crippen LogP contribution is -2.18. The SMILES string of the molecule is CCOc1ccc(C(C)NCc2ccc(C)c(C)c2)cc1. The van der Waals surface area contributed by atoms with Crippen LogP contribution in [0.3, 0.4) is 0 Å². The van der Waals surface area contributed by atoms with E-state index in [-0.39, 0.29) is 0 Å². The second-order valence-corrected chi connectivity index (χ2v) is 5.52. The van der Waals surface area contributed by atoms with Gasteiger partial charge < -0.3 is 10.1 Å². The summed E-state index contributed by atoms with van der Waals surface area (Å²) in [6.45, 7) is 10.1. The maximum absolute atomic E-state index is 5.47. The Kier molecular flexibility index (Phi) is 5.40. The Balaban J connectivity index is 1.94. The highest BCUT2D eigenvalue weighted by Gasteiger charge is 2.05. The molecule has 0 aliphatic heterocycles. The molecule has 1 unspecified atom stereocenters. The molecule has 2 nitrogen and oxygen atoms in total. The number of aryl methyl sites for hydroxylation is 2. The van der Waals surface area contributed by atoms with Crippen LogP contribution >= 0.6 is 0 Å². The van der Waals surface area contributed by atoms with Crippen LogP contribution in [0.5, 0.6) is 5.75 Å². The van der Waals surface area contributed by atoms with Gasteiger partial charge in [-0.2, -0.15) is 0 Å². The summed E-state index contributed by atoms with van der Waals surface area (Å²) in [5, 5.41) is 3.57. The topological polar surface area (TPSA) is 21.3 Å². The molecule has 0 amide bonds. The highest BCUT2D eigenvalue weighted by atomic mass is 16.5. The first kappa shape index (κ1) is 15.6. The highest BCUT2D eigenvalue weighted by Crippen LogP contribution is 2.18. The Morgan fingerprint density at radius 3 is 2.33 bits per heavy atom. The summed E-state index contributed by atoms with van der Waals surface area (Å²) in [4.78, 5) is 0. The quantitative estimate of drug-likeness (QED) is 0.839. The first-order chi connectivity index (χ1) is 10.1. The zero-order valence-electron chi connectivity index (χ0n) is 13.4. The fourth-order valence-corrected chi connectivity index (χ4v) is 2.32. The van der Waals surface area contributed by atoms with Gasteiger partial charge in [-0.25, -0.2) is 0 Å². The maximum atomic E-state index is 5.47. The molecule has 1 N–H and O–H groups in total. The van der Waals surface area contributed by atoms with Crippen molar-refractivity contribution in [2.75, 3.05) is 6.61 Å². The third-order valence-electron chi connectivity index (χ3n) is 3.87. The van der Waals surface area contributed by atoms with Gasteiger partial charge in [0.1, 0.15) is 5.75 Å². The van der Waals surface area contributed by atoms with Crippen LogP contribution in [0.25, 0.3) is 0 Å². The molecule has 2 aromatic carbocycles. The number of nitrogens with one attached hydrogen (secondary N) is 1. The molecule has 0 bridgehead atoms. The second kappa shape index (κ2) is 7.28. The average molecular weight is 283 g/mol. The normalized spacial score (nSPS) is 12.2. The Morgan fingerprint density at radius 2 is 1.71 bits per heavy atom. The Hall–Kier alpha value is -1.80. The van der Waals surface area contributed by atoms with Crippen LogP contribution in [0, 0.1) is 13.8 Å². The van der Waals surface area contributed by atoms with E-state index in [0.717, 1.165) is 12.3 Å². The Morgan fingerprint density at radius 1 is 1.00 bits per heavy atom. The molecular weight excluding hydrogens is 258 g/mol. The molecule has 0 aromatic heterocycles. The molecule has 0 aliphatic carbocycles. The molecule has 0 radical (unpaired) electrons. The number of benzene rings is 2. The van der Waals surface area contributed by atoms with Gasteiger partial charge in [0.15, 0.2) is 0 Å². The second-order valence-electron chi connectivity index (χ2n) is 5.52. The van der Waals surface area contributed by atoms with E-state index in [4.69, 9.17) is 4.74 Å². The Labute approximate surface area is 128 Å². The molecule has 0 saturated heterocycles. The number of hydrogen-bond acceptors (Lipinski definition) is 2. The van der Waals surface area contributed by atoms with Crippen molar-refractivity contribution in [1.82, 2.24) is 5.32 Å². The van der Waals surface area contributed by atoms with E-state index in [1.54, 1.807) is 0 Å². The summed E-state index contributed by atoms with van der Waals surface area (Å²) >= 11 is 0. The maximum Gasteiger partial charge on any atom is 0.119 e. The lowest BCUT2D eigenvalue weighted by molar-refractivity contribution is 0.340. The van der Waals surface area contributed by atoms with Gasteiger partial charge in [0.25, 0.3) is 0 Å². The lowest BCUT2D eigenvalue weighted by atomic mass is 10.1. The fourth-order valence-electron chi connectivity index (χ4n) is 2.32. The van der Waals surface area contributed by atoms with E-state index in [0.29, 0.717) is 12.6 Å². The Bertz CT molecular complexity index is 575. The first-order valence-electron chi connectivity index (χ1n) is 7.62. The summed E-state index contributed by atoms with van der Waals surface area (Å²) in [5.41, 5.74) is 5.31. The van der Waals surface area contributed by atoms with Crippen LogP contribution in [-0.4, -0.2) is 6.61 Å². The van der Waals surface area contributed by atoms with Crippen LogP contribution < -0.4 is 10.1 Å². The molecule has 1 atom stereocenters. The van der Waals surface area contributed by atoms with Gasteiger partial charge in [0.05, 0.1) is 6.61 Å². The molecule has 0 aliphatic rings. The van der Waals surface area contributed by atoms with Crippen molar-refractivity contribution in [3.8, 4) is 5.75 Å². The molecule has 0 spiro atoms. The van der Waals surface area contributed by atoms with E-state index >= 15 is 0 Å². The molecule has 2 heteroatoms. The average Bonchev–Trinajstić information content (AvgIpc) is 2.49. The van der Waals surface area contributed by atoms with Crippen LogP contribution in [0.15, 0.2) is 42.5 Å². The lowest BCUT2D eigenvalue weighted by Gasteiger charge is -2.15. The molecule has 0 saturated carbocycles. The molecule has 21 heavy (non-hydrogen) atoms. The molecule has 2 rings (SSSR count). The zero-order chi connectivity index (χ0) is 15.2. The third-order valence-corrected chi connectivity index (χ3v) is 3.87. The van der Waals surface area contributed by atoms with Crippen LogP contribution in [0.2, 0.25) is 0 Å². The van der Waals surface area contributed by atoms with Crippen LogP contribution in [0.1, 0.15) is 42.1 Å². The summed E-state index contributed by atoms with van der Waals surface area (Å²) in [6, 6.07) is 15.3. The van der Waals surface area contributed by atoms with Crippen molar-refractivity contribution in [2.45, 2.75) is 40.3 Å². The minimum atomic E-state index is 0.322. The fraction of sp³-hybridized carbons (Fsp3) is 0.368. The largest absolute Gasteiger partial charge is 0.494 e. The predicted octanol–water partition coefficient (Wildman–Crippen LogP) is 4.55. The van der Waals surface area contributed by atoms with Gasteiger partial charge in [-0.3, -0.25) is 0 Å². The smallest absolute Gasteiger partial charge is 0.119 e. The van der Waals surface area contributed by atoms with E-state index < -0.39 is 0 Å². The number of rotatable bonds is 6. The molecular formula is C19H25NO. The molecule has 0 fully saturated rings. The van der Waals surface area contributed by atoms with E-state index in [1.807, 2.05) is 19.1 Å². The van der Waals surface area contributed by atoms with Crippen molar-refractivity contribution in [3.05, 3.63) is 64.7 Å². The van der Waals surface area contributed by atoms with Crippen molar-refractivity contribution >= 4 is 0 Å². The monoisotopic (exact) mass is 283 g/mol. The predicted molar refractivity (Wildman–Crippen MR) is 88.8 cm³/mol. The number of hydrogen-bond donors (Lipinski definition) is 1. The standard InChI is InChI=1S/C19H25NO/c1-5-21-19-10-8-18(9-11-19)16(4)20-13-17-7-6-14(2)15(3)12-17/h6-12,16,20H,5,13H2,1-4H3. The van der Waals surface area contributed by atoms with Crippen LogP contribution in [0.4, 0.5) is 0 Å². The minimum absolute atomic E-state index is 0.322. The van der Waals surface area contributed by atoms with Gasteiger partial charge in [0, 0.05) is 12.6 Å². The third kappa shape index (κ3) is 4.33. The van der Waals surface area contributed by atoms with Gasteiger partial charge >= 0.3 is 0 Å². The highest BCUT2D eigenvalue weighted by molar-refractivity contribution is 5.31. The van der Waals surface area contributed by atoms with Crippen molar-refractivity contribution in [1.29, 1.82) is 0 Å². The van der Waals surface area contributed by atoms with Crippen molar-refractivity contribution in [3.63, 3.8) is 0 Å².